The Hall–Kier alpha value is -1.94. The molecule has 88 valence electrons. The van der Waals surface area contributed by atoms with Gasteiger partial charge in [-0.1, -0.05) is 11.6 Å². The lowest BCUT2D eigenvalue weighted by Gasteiger charge is -2.07. The lowest BCUT2D eigenvalue weighted by molar-refractivity contribution is 0.102. The fourth-order valence-electron chi connectivity index (χ4n) is 1.39. The highest BCUT2D eigenvalue weighted by Crippen LogP contribution is 2.23. The van der Waals surface area contributed by atoms with Gasteiger partial charge in [0, 0.05) is 5.02 Å². The Balaban J connectivity index is 2.21. The van der Waals surface area contributed by atoms with Gasteiger partial charge in [0.05, 0.1) is 16.9 Å². The first kappa shape index (κ1) is 11.5. The highest BCUT2D eigenvalue weighted by atomic mass is 35.5. The molecule has 1 amide bonds. The van der Waals surface area contributed by atoms with Crippen molar-refractivity contribution < 1.29 is 9.21 Å². The Morgan fingerprint density at radius 3 is 2.82 bits per heavy atom. The third-order valence-corrected chi connectivity index (χ3v) is 2.49. The van der Waals surface area contributed by atoms with Crippen molar-refractivity contribution in [2.24, 2.45) is 0 Å². The Morgan fingerprint density at radius 1 is 1.41 bits per heavy atom. The molecule has 0 bridgehead atoms. The third-order valence-electron chi connectivity index (χ3n) is 2.26. The minimum atomic E-state index is -0.282. The van der Waals surface area contributed by atoms with Crippen molar-refractivity contribution >= 4 is 28.9 Å². The predicted octanol–water partition coefficient (Wildman–Crippen LogP) is 3.08. The van der Waals surface area contributed by atoms with Crippen LogP contribution < -0.4 is 11.1 Å². The molecule has 0 aliphatic carbocycles. The van der Waals surface area contributed by atoms with Gasteiger partial charge in [0.1, 0.15) is 12.0 Å². The van der Waals surface area contributed by atoms with E-state index >= 15 is 0 Å². The monoisotopic (exact) mass is 250 g/mol. The molecule has 0 atom stereocenters. The molecule has 4 nitrogen and oxygen atoms in total. The van der Waals surface area contributed by atoms with Gasteiger partial charge in [0.15, 0.2) is 0 Å². The third kappa shape index (κ3) is 2.60. The standard InChI is InChI=1S/C12H11ClN2O2/c1-7-4-8(6-17-7)12(16)15-11-5-9(13)2-3-10(11)14/h2-6H,14H2,1H3,(H,15,16). The van der Waals surface area contributed by atoms with E-state index in [4.69, 9.17) is 21.8 Å². The summed E-state index contributed by atoms with van der Waals surface area (Å²) < 4.78 is 5.06. The number of hydrogen-bond donors (Lipinski definition) is 2. The van der Waals surface area contributed by atoms with Gasteiger partial charge < -0.3 is 15.5 Å². The molecule has 1 heterocycles. The number of carbonyl (C=O) groups is 1. The quantitative estimate of drug-likeness (QED) is 0.805. The smallest absolute Gasteiger partial charge is 0.258 e. The number of nitrogens with two attached hydrogens (primary N) is 1. The molecule has 0 aliphatic rings. The summed E-state index contributed by atoms with van der Waals surface area (Å²) in [4.78, 5) is 11.8. The van der Waals surface area contributed by atoms with E-state index in [1.807, 2.05) is 0 Å². The van der Waals surface area contributed by atoms with Crippen LogP contribution in [0.5, 0.6) is 0 Å². The number of hydrogen-bond acceptors (Lipinski definition) is 3. The number of aryl methyl sites for hydroxylation is 1. The van der Waals surface area contributed by atoms with Gasteiger partial charge in [-0.15, -0.1) is 0 Å². The minimum absolute atomic E-state index is 0.282. The van der Waals surface area contributed by atoms with Crippen molar-refractivity contribution in [3.8, 4) is 0 Å². The number of benzene rings is 1. The highest BCUT2D eigenvalue weighted by Gasteiger charge is 2.10. The summed E-state index contributed by atoms with van der Waals surface area (Å²) in [6.07, 6.45) is 1.39. The molecule has 3 N–H and O–H groups in total. The summed E-state index contributed by atoms with van der Waals surface area (Å²) in [6, 6.07) is 6.55. The first-order chi connectivity index (χ1) is 8.06. The number of carbonyl (C=O) groups excluding carboxylic acids is 1. The van der Waals surface area contributed by atoms with Crippen molar-refractivity contribution in [2.75, 3.05) is 11.1 Å². The second-order valence-corrected chi connectivity index (χ2v) is 4.07. The van der Waals surface area contributed by atoms with Crippen LogP contribution in [0.2, 0.25) is 5.02 Å². The number of rotatable bonds is 2. The van der Waals surface area contributed by atoms with Gasteiger partial charge in [-0.25, -0.2) is 0 Å². The van der Waals surface area contributed by atoms with Crippen molar-refractivity contribution in [1.82, 2.24) is 0 Å². The summed E-state index contributed by atoms with van der Waals surface area (Å²) >= 11 is 5.83. The van der Waals surface area contributed by atoms with Crippen LogP contribution in [-0.2, 0) is 0 Å². The molecular weight excluding hydrogens is 240 g/mol. The molecule has 0 aliphatic heterocycles. The fourth-order valence-corrected chi connectivity index (χ4v) is 1.57. The average Bonchev–Trinajstić information content (AvgIpc) is 2.70. The predicted molar refractivity (Wildman–Crippen MR) is 67.3 cm³/mol. The lowest BCUT2D eigenvalue weighted by atomic mass is 10.2. The fraction of sp³-hybridized carbons (Fsp3) is 0.0833. The molecule has 5 heteroatoms. The Bertz CT molecular complexity index is 563. The highest BCUT2D eigenvalue weighted by molar-refractivity contribution is 6.31. The number of nitrogen functional groups attached to an aromatic ring is 1. The molecule has 0 unspecified atom stereocenters. The van der Waals surface area contributed by atoms with Crippen molar-refractivity contribution in [2.45, 2.75) is 6.92 Å². The Morgan fingerprint density at radius 2 is 2.18 bits per heavy atom. The summed E-state index contributed by atoms with van der Waals surface area (Å²) in [6.45, 7) is 1.77. The molecule has 2 aromatic rings. The number of anilines is 2. The van der Waals surface area contributed by atoms with Crippen LogP contribution in [0.15, 0.2) is 34.9 Å². The Kier molecular flexibility index (Phi) is 3.06. The lowest BCUT2D eigenvalue weighted by Crippen LogP contribution is -2.12. The zero-order valence-corrected chi connectivity index (χ0v) is 9.91. The second-order valence-electron chi connectivity index (χ2n) is 3.63. The van der Waals surface area contributed by atoms with Crippen LogP contribution in [0.1, 0.15) is 16.1 Å². The maximum Gasteiger partial charge on any atom is 0.258 e. The van der Waals surface area contributed by atoms with Crippen LogP contribution in [0.3, 0.4) is 0 Å². The zero-order chi connectivity index (χ0) is 12.4. The Labute approximate surface area is 103 Å². The van der Waals surface area contributed by atoms with Crippen molar-refractivity contribution in [3.63, 3.8) is 0 Å². The molecule has 0 fully saturated rings. The topological polar surface area (TPSA) is 68.3 Å². The first-order valence-electron chi connectivity index (χ1n) is 4.98. The second kappa shape index (κ2) is 4.51. The van der Waals surface area contributed by atoms with Crippen LogP contribution in [0.4, 0.5) is 11.4 Å². The number of nitrogens with one attached hydrogen (secondary N) is 1. The molecule has 2 rings (SSSR count). The van der Waals surface area contributed by atoms with E-state index in [-0.39, 0.29) is 5.91 Å². The van der Waals surface area contributed by atoms with Gasteiger partial charge in [-0.3, -0.25) is 4.79 Å². The number of halogens is 1. The van der Waals surface area contributed by atoms with E-state index in [9.17, 15) is 4.79 Å². The number of amides is 1. The summed E-state index contributed by atoms with van der Waals surface area (Å²) in [5.74, 6) is 0.394. The van der Waals surface area contributed by atoms with Crippen LogP contribution in [0, 0.1) is 6.92 Å². The van der Waals surface area contributed by atoms with Gasteiger partial charge in [0.2, 0.25) is 0 Å². The van der Waals surface area contributed by atoms with E-state index in [1.165, 1.54) is 6.26 Å². The molecule has 0 saturated heterocycles. The van der Waals surface area contributed by atoms with Crippen LogP contribution in [0.25, 0.3) is 0 Å². The van der Waals surface area contributed by atoms with Gasteiger partial charge in [-0.05, 0) is 31.2 Å². The van der Waals surface area contributed by atoms with E-state index in [0.717, 1.165) is 0 Å². The molecule has 17 heavy (non-hydrogen) atoms. The molecule has 1 aromatic heterocycles. The van der Waals surface area contributed by atoms with Gasteiger partial charge in [0.25, 0.3) is 5.91 Å². The summed E-state index contributed by atoms with van der Waals surface area (Å²) in [7, 11) is 0. The molecule has 0 saturated carbocycles. The van der Waals surface area contributed by atoms with E-state index in [1.54, 1.807) is 31.2 Å². The maximum atomic E-state index is 11.8. The van der Waals surface area contributed by atoms with Crippen LogP contribution >= 0.6 is 11.6 Å². The summed E-state index contributed by atoms with van der Waals surface area (Å²) in [5.41, 5.74) is 7.12. The van der Waals surface area contributed by atoms with E-state index < -0.39 is 0 Å². The molecule has 0 spiro atoms. The maximum absolute atomic E-state index is 11.8. The molecular formula is C12H11ClN2O2. The first-order valence-corrected chi connectivity index (χ1v) is 5.35. The van der Waals surface area contributed by atoms with E-state index in [0.29, 0.717) is 27.7 Å². The van der Waals surface area contributed by atoms with Gasteiger partial charge >= 0.3 is 0 Å². The normalized spacial score (nSPS) is 10.2. The van der Waals surface area contributed by atoms with E-state index in [2.05, 4.69) is 5.32 Å². The largest absolute Gasteiger partial charge is 0.469 e. The minimum Gasteiger partial charge on any atom is -0.469 e. The number of furan rings is 1. The molecule has 1 aromatic carbocycles. The van der Waals surface area contributed by atoms with Crippen molar-refractivity contribution in [3.05, 3.63) is 46.9 Å². The SMILES string of the molecule is Cc1cc(C(=O)Nc2cc(Cl)ccc2N)co1. The van der Waals surface area contributed by atoms with Crippen LogP contribution in [-0.4, -0.2) is 5.91 Å². The molecule has 0 radical (unpaired) electrons. The summed E-state index contributed by atoms with van der Waals surface area (Å²) in [5, 5.41) is 3.18. The van der Waals surface area contributed by atoms with Gasteiger partial charge in [-0.2, -0.15) is 0 Å². The van der Waals surface area contributed by atoms with Crippen molar-refractivity contribution in [1.29, 1.82) is 0 Å². The zero-order valence-electron chi connectivity index (χ0n) is 9.16. The average molecular weight is 251 g/mol.